The summed E-state index contributed by atoms with van der Waals surface area (Å²) in [6, 6.07) is 18.0. The molecule has 0 aliphatic carbocycles. The summed E-state index contributed by atoms with van der Waals surface area (Å²) in [7, 11) is 0. The number of halogens is 1. The second-order valence-corrected chi connectivity index (χ2v) is 5.97. The Hall–Kier alpha value is -2.10. The van der Waals surface area contributed by atoms with Crippen LogP contribution in [0.25, 0.3) is 5.70 Å². The van der Waals surface area contributed by atoms with Crippen LogP contribution < -0.4 is 0 Å². The topological polar surface area (TPSA) is 23.6 Å². The molecule has 0 aromatic heterocycles. The summed E-state index contributed by atoms with van der Waals surface area (Å²) < 4.78 is 0. The number of nitrogens with zero attached hydrogens (tertiary/aromatic N) is 2. The van der Waals surface area contributed by atoms with Gasteiger partial charge in [-0.2, -0.15) is 0 Å². The van der Waals surface area contributed by atoms with Gasteiger partial charge in [0, 0.05) is 18.0 Å². The molecule has 2 aromatic carbocycles. The molecular formula is C18H15ClN2O. The van der Waals surface area contributed by atoms with Crippen LogP contribution in [0.1, 0.15) is 23.6 Å². The molecule has 2 aliphatic rings. The van der Waals surface area contributed by atoms with Gasteiger partial charge in [0.25, 0.3) is 0 Å². The summed E-state index contributed by atoms with van der Waals surface area (Å²) in [5, 5.41) is 4.66. The van der Waals surface area contributed by atoms with Gasteiger partial charge in [-0.05, 0) is 29.3 Å². The third-order valence-electron chi connectivity index (χ3n) is 4.19. The number of rotatable bonds is 2. The molecule has 110 valence electrons. The average molecular weight is 311 g/mol. The first kappa shape index (κ1) is 13.6. The average Bonchev–Trinajstić information content (AvgIpc) is 3.10. The fraction of sp³-hybridized carbons (Fsp3) is 0.167. The SMILES string of the molecule is O=C1CCN2C(c3ccccc3)C=C(c3ccc(Cl)cc3)N12. The number of hydrazine groups is 1. The van der Waals surface area contributed by atoms with Crippen LogP contribution in [-0.2, 0) is 4.79 Å². The van der Waals surface area contributed by atoms with Crippen molar-refractivity contribution in [1.29, 1.82) is 0 Å². The zero-order valence-electron chi connectivity index (χ0n) is 11.9. The minimum absolute atomic E-state index is 0.110. The number of benzene rings is 2. The summed E-state index contributed by atoms with van der Waals surface area (Å²) in [4.78, 5) is 12.3. The maximum absolute atomic E-state index is 12.3. The van der Waals surface area contributed by atoms with E-state index in [2.05, 4.69) is 23.2 Å². The van der Waals surface area contributed by atoms with Crippen molar-refractivity contribution in [3.05, 3.63) is 76.8 Å². The highest BCUT2D eigenvalue weighted by Crippen LogP contribution is 2.41. The quantitative estimate of drug-likeness (QED) is 0.840. The minimum Gasteiger partial charge on any atom is -0.273 e. The number of fused-ring (bicyclic) bond motifs is 1. The molecule has 3 nitrogen and oxygen atoms in total. The van der Waals surface area contributed by atoms with E-state index in [0.29, 0.717) is 11.4 Å². The highest BCUT2D eigenvalue weighted by molar-refractivity contribution is 6.30. The predicted molar refractivity (Wildman–Crippen MR) is 86.8 cm³/mol. The lowest BCUT2D eigenvalue weighted by molar-refractivity contribution is -0.131. The molecule has 0 saturated carbocycles. The largest absolute Gasteiger partial charge is 0.273 e. The van der Waals surface area contributed by atoms with Crippen molar-refractivity contribution in [2.75, 3.05) is 6.54 Å². The highest BCUT2D eigenvalue weighted by Gasteiger charge is 2.41. The van der Waals surface area contributed by atoms with E-state index in [-0.39, 0.29) is 11.9 Å². The Morgan fingerprint density at radius 3 is 2.45 bits per heavy atom. The van der Waals surface area contributed by atoms with E-state index >= 15 is 0 Å². The molecule has 22 heavy (non-hydrogen) atoms. The van der Waals surface area contributed by atoms with Crippen molar-refractivity contribution in [3.63, 3.8) is 0 Å². The Bertz CT molecular complexity index is 739. The molecule has 1 amide bonds. The number of amides is 1. The number of carbonyl (C=O) groups is 1. The van der Waals surface area contributed by atoms with Crippen LogP contribution in [0.3, 0.4) is 0 Å². The summed E-state index contributed by atoms with van der Waals surface area (Å²) in [6.45, 7) is 0.756. The van der Waals surface area contributed by atoms with Gasteiger partial charge in [-0.25, -0.2) is 10.0 Å². The van der Waals surface area contributed by atoms with Gasteiger partial charge in [0.1, 0.15) is 0 Å². The van der Waals surface area contributed by atoms with E-state index in [1.54, 1.807) is 0 Å². The molecular weight excluding hydrogens is 296 g/mol. The van der Waals surface area contributed by atoms with Gasteiger partial charge in [-0.1, -0.05) is 54.1 Å². The first-order chi connectivity index (χ1) is 10.7. The molecule has 0 bridgehead atoms. The van der Waals surface area contributed by atoms with Crippen LogP contribution in [-0.4, -0.2) is 22.5 Å². The fourth-order valence-corrected chi connectivity index (χ4v) is 3.29. The molecule has 2 aromatic rings. The van der Waals surface area contributed by atoms with E-state index in [1.165, 1.54) is 5.56 Å². The zero-order chi connectivity index (χ0) is 15.1. The maximum Gasteiger partial charge on any atom is 0.242 e. The van der Waals surface area contributed by atoms with E-state index in [0.717, 1.165) is 17.8 Å². The second kappa shape index (κ2) is 5.27. The molecule has 4 rings (SSSR count). The molecule has 1 saturated heterocycles. The van der Waals surface area contributed by atoms with Crippen molar-refractivity contribution in [3.8, 4) is 0 Å². The van der Waals surface area contributed by atoms with Crippen molar-refractivity contribution in [2.24, 2.45) is 0 Å². The lowest BCUT2D eigenvalue weighted by Gasteiger charge is -2.27. The molecule has 0 spiro atoms. The van der Waals surface area contributed by atoms with Gasteiger partial charge < -0.3 is 0 Å². The maximum atomic E-state index is 12.3. The van der Waals surface area contributed by atoms with Crippen molar-refractivity contribution in [1.82, 2.24) is 10.0 Å². The smallest absolute Gasteiger partial charge is 0.242 e. The van der Waals surface area contributed by atoms with Crippen molar-refractivity contribution >= 4 is 23.2 Å². The molecule has 1 fully saturated rings. The first-order valence-corrected chi connectivity index (χ1v) is 7.74. The number of hydrogen-bond acceptors (Lipinski definition) is 2. The van der Waals surface area contributed by atoms with Gasteiger partial charge in [0.15, 0.2) is 0 Å². The van der Waals surface area contributed by atoms with Gasteiger partial charge in [-0.3, -0.25) is 4.79 Å². The van der Waals surface area contributed by atoms with Crippen molar-refractivity contribution < 1.29 is 4.79 Å². The predicted octanol–water partition coefficient (Wildman–Crippen LogP) is 3.89. The summed E-state index contributed by atoms with van der Waals surface area (Å²) in [5.41, 5.74) is 3.17. The van der Waals surface area contributed by atoms with Crippen LogP contribution in [0.4, 0.5) is 0 Å². The molecule has 4 heteroatoms. The lowest BCUT2D eigenvalue weighted by atomic mass is 10.0. The van der Waals surface area contributed by atoms with Crippen LogP contribution in [0.2, 0.25) is 5.02 Å². The summed E-state index contributed by atoms with van der Waals surface area (Å²) in [6.07, 6.45) is 2.73. The van der Waals surface area contributed by atoms with Gasteiger partial charge in [-0.15, -0.1) is 0 Å². The number of carbonyl (C=O) groups excluding carboxylic acids is 1. The standard InChI is InChI=1S/C18H15ClN2O/c19-15-8-6-14(7-9-15)17-12-16(13-4-2-1-3-5-13)20-11-10-18(22)21(17)20/h1-9,12,16H,10-11H2. The van der Waals surface area contributed by atoms with Gasteiger partial charge >= 0.3 is 0 Å². The van der Waals surface area contributed by atoms with Crippen molar-refractivity contribution in [2.45, 2.75) is 12.5 Å². The molecule has 1 atom stereocenters. The van der Waals surface area contributed by atoms with Crippen LogP contribution in [0.15, 0.2) is 60.7 Å². The minimum atomic E-state index is 0.110. The van der Waals surface area contributed by atoms with Crippen LogP contribution in [0.5, 0.6) is 0 Å². The Morgan fingerprint density at radius 2 is 1.73 bits per heavy atom. The highest BCUT2D eigenvalue weighted by atomic mass is 35.5. The molecule has 2 heterocycles. The first-order valence-electron chi connectivity index (χ1n) is 7.36. The monoisotopic (exact) mass is 310 g/mol. The third-order valence-corrected chi connectivity index (χ3v) is 4.45. The van der Waals surface area contributed by atoms with Gasteiger partial charge in [0.2, 0.25) is 5.91 Å². The number of hydrogen-bond donors (Lipinski definition) is 0. The summed E-state index contributed by atoms with van der Waals surface area (Å²) >= 11 is 5.97. The van der Waals surface area contributed by atoms with Gasteiger partial charge in [0.05, 0.1) is 11.7 Å². The summed E-state index contributed by atoms with van der Waals surface area (Å²) in [5.74, 6) is 0.152. The third kappa shape index (κ3) is 2.14. The van der Waals surface area contributed by atoms with Crippen LogP contribution in [0, 0.1) is 0 Å². The Kier molecular flexibility index (Phi) is 3.25. The van der Waals surface area contributed by atoms with E-state index in [9.17, 15) is 4.79 Å². The van der Waals surface area contributed by atoms with E-state index in [1.807, 2.05) is 47.5 Å². The Balaban J connectivity index is 1.78. The Labute approximate surface area is 134 Å². The lowest BCUT2D eigenvalue weighted by Crippen LogP contribution is -2.34. The van der Waals surface area contributed by atoms with E-state index < -0.39 is 0 Å². The van der Waals surface area contributed by atoms with E-state index in [4.69, 9.17) is 11.6 Å². The Morgan fingerprint density at radius 1 is 1.00 bits per heavy atom. The molecule has 1 unspecified atom stereocenters. The molecule has 2 aliphatic heterocycles. The zero-order valence-corrected chi connectivity index (χ0v) is 12.7. The fourth-order valence-electron chi connectivity index (χ4n) is 3.16. The second-order valence-electron chi connectivity index (χ2n) is 5.53. The normalized spacial score (nSPS) is 21.1. The molecule has 0 N–H and O–H groups in total. The molecule has 0 radical (unpaired) electrons. The van der Waals surface area contributed by atoms with Crippen LogP contribution >= 0.6 is 11.6 Å².